The Morgan fingerprint density at radius 2 is 1.87 bits per heavy atom. The Morgan fingerprint density at radius 3 is 2.00 bits per heavy atom. The monoisotopic (exact) mass is 236 g/mol. The first kappa shape index (κ1) is 13.6. The van der Waals surface area contributed by atoms with Gasteiger partial charge in [-0.25, -0.2) is 9.59 Å². The summed E-state index contributed by atoms with van der Waals surface area (Å²) in [5, 5.41) is 16.1. The Hall–Kier alpha value is -1.44. The highest BCUT2D eigenvalue weighted by atomic mass is 32.1. The second-order valence-electron chi connectivity index (χ2n) is 3.22. The zero-order valence-corrected chi connectivity index (χ0v) is 9.12. The Balaban J connectivity index is 0.000000423. The number of carbonyl (C=O) groups excluding carboxylic acids is 2. The lowest BCUT2D eigenvalue weighted by Crippen LogP contribution is -2.41. The van der Waals surface area contributed by atoms with Crippen LogP contribution in [0.2, 0.25) is 0 Å². The van der Waals surface area contributed by atoms with Crippen LogP contribution < -0.4 is 5.32 Å². The number of hydrogen-bond acceptors (Lipinski definition) is 4. The van der Waals surface area contributed by atoms with Gasteiger partial charge in [-0.05, 0) is 13.8 Å². The molecule has 86 valence electrons. The van der Waals surface area contributed by atoms with Gasteiger partial charge in [0, 0.05) is 0 Å². The van der Waals surface area contributed by atoms with Gasteiger partial charge in [0.05, 0.1) is 4.87 Å². The van der Waals surface area contributed by atoms with Crippen molar-refractivity contribution in [2.24, 2.45) is 0 Å². The van der Waals surface area contributed by atoms with E-state index in [0.717, 1.165) is 0 Å². The average molecular weight is 236 g/mol. The molecule has 7 nitrogen and oxygen atoms in total. The van der Waals surface area contributed by atoms with Gasteiger partial charge in [0.15, 0.2) is 0 Å². The number of nitrogens with zero attached hydrogens (tertiary/aromatic N) is 1. The fourth-order valence-electron chi connectivity index (χ4n) is 0.884. The second kappa shape index (κ2) is 4.87. The zero-order valence-electron chi connectivity index (χ0n) is 8.22. The summed E-state index contributed by atoms with van der Waals surface area (Å²) in [5.41, 5.74) is 0. The lowest BCUT2D eigenvalue weighted by atomic mass is 10.3. The van der Waals surface area contributed by atoms with Crippen molar-refractivity contribution in [3.63, 3.8) is 0 Å². The fourth-order valence-corrected chi connectivity index (χ4v) is 1.05. The van der Waals surface area contributed by atoms with Crippen molar-refractivity contribution in [2.45, 2.75) is 18.7 Å². The van der Waals surface area contributed by atoms with Gasteiger partial charge in [0.1, 0.15) is 6.54 Å². The Bertz CT molecular complexity index is 282. The van der Waals surface area contributed by atoms with Gasteiger partial charge in [-0.3, -0.25) is 10.1 Å². The molecule has 0 aliphatic carbocycles. The number of rotatable bonds is 1. The molecule has 0 saturated carbocycles. The van der Waals surface area contributed by atoms with Crippen LogP contribution >= 0.6 is 12.6 Å². The highest BCUT2D eigenvalue weighted by Gasteiger charge is 2.35. The first-order valence-electron chi connectivity index (χ1n) is 3.90. The van der Waals surface area contributed by atoms with E-state index in [4.69, 9.17) is 15.0 Å². The summed E-state index contributed by atoms with van der Waals surface area (Å²) in [6.07, 6.45) is -1.83. The molecule has 1 fully saturated rings. The number of imide groups is 1. The standard InChI is InChI=1S/C6H10N2O2S.CH2O3/c1-6(2,11)8-3-4(9)7-5(8)10;2-1(3)4/h11H,3H2,1-2H3,(H,7,9,10);(H2,2,3,4). The van der Waals surface area contributed by atoms with Crippen LogP contribution in [-0.4, -0.2) is 44.6 Å². The normalized spacial score (nSPS) is 15.5. The molecule has 0 aromatic rings. The molecule has 3 amide bonds. The molecule has 0 aromatic heterocycles. The number of carbonyl (C=O) groups is 3. The minimum atomic E-state index is -1.83. The molecule has 0 unspecified atom stereocenters. The predicted molar refractivity (Wildman–Crippen MR) is 54.0 cm³/mol. The van der Waals surface area contributed by atoms with Gasteiger partial charge in [0.2, 0.25) is 5.91 Å². The van der Waals surface area contributed by atoms with E-state index < -0.39 is 11.0 Å². The van der Waals surface area contributed by atoms with Crippen molar-refractivity contribution in [3.8, 4) is 0 Å². The maximum Gasteiger partial charge on any atom is 0.503 e. The van der Waals surface area contributed by atoms with Crippen LogP contribution in [0.4, 0.5) is 9.59 Å². The van der Waals surface area contributed by atoms with E-state index in [1.54, 1.807) is 13.8 Å². The quantitative estimate of drug-likeness (QED) is 0.390. The third-order valence-corrected chi connectivity index (χ3v) is 1.70. The average Bonchev–Trinajstić information content (AvgIpc) is 2.26. The van der Waals surface area contributed by atoms with Gasteiger partial charge < -0.3 is 15.1 Å². The molecule has 1 aliphatic heterocycles. The van der Waals surface area contributed by atoms with E-state index in [1.807, 2.05) is 0 Å². The van der Waals surface area contributed by atoms with Crippen LogP contribution in [0, 0.1) is 0 Å². The summed E-state index contributed by atoms with van der Waals surface area (Å²) in [5.74, 6) is -0.267. The lowest BCUT2D eigenvalue weighted by Gasteiger charge is -2.28. The van der Waals surface area contributed by atoms with Gasteiger partial charge in [-0.15, -0.1) is 0 Å². The topological polar surface area (TPSA) is 107 Å². The van der Waals surface area contributed by atoms with Crippen molar-refractivity contribution in [3.05, 3.63) is 0 Å². The minimum absolute atomic E-state index is 0.106. The smallest absolute Gasteiger partial charge is 0.450 e. The molecule has 3 N–H and O–H groups in total. The minimum Gasteiger partial charge on any atom is -0.450 e. The summed E-state index contributed by atoms with van der Waals surface area (Å²) >= 11 is 4.16. The molecule has 0 atom stereocenters. The zero-order chi connectivity index (χ0) is 12.2. The van der Waals surface area contributed by atoms with Crippen LogP contribution in [-0.2, 0) is 4.79 Å². The van der Waals surface area contributed by atoms with Gasteiger partial charge in [-0.1, -0.05) is 0 Å². The van der Waals surface area contributed by atoms with E-state index in [2.05, 4.69) is 17.9 Å². The second-order valence-corrected chi connectivity index (χ2v) is 4.31. The molecule has 15 heavy (non-hydrogen) atoms. The maximum atomic E-state index is 11.0. The number of urea groups is 1. The van der Waals surface area contributed by atoms with Crippen LogP contribution in [0.25, 0.3) is 0 Å². The number of carboxylic acid groups (broad SMARTS) is 2. The highest BCUT2D eigenvalue weighted by Crippen LogP contribution is 2.20. The third-order valence-electron chi connectivity index (χ3n) is 1.45. The largest absolute Gasteiger partial charge is 0.503 e. The van der Waals surface area contributed by atoms with Crippen molar-refractivity contribution < 1.29 is 24.6 Å². The Kier molecular flexibility index (Phi) is 4.40. The summed E-state index contributed by atoms with van der Waals surface area (Å²) in [7, 11) is 0. The van der Waals surface area contributed by atoms with Crippen LogP contribution in [0.1, 0.15) is 13.8 Å². The third kappa shape index (κ3) is 5.11. The summed E-state index contributed by atoms with van der Waals surface area (Å²) in [6.45, 7) is 3.62. The van der Waals surface area contributed by atoms with Crippen molar-refractivity contribution >= 4 is 30.7 Å². The van der Waals surface area contributed by atoms with Crippen molar-refractivity contribution in [1.82, 2.24) is 10.2 Å². The molecule has 1 heterocycles. The van der Waals surface area contributed by atoms with Gasteiger partial charge in [0.25, 0.3) is 0 Å². The Morgan fingerprint density at radius 1 is 1.47 bits per heavy atom. The summed E-state index contributed by atoms with van der Waals surface area (Å²) in [6, 6.07) is -0.366. The van der Waals surface area contributed by atoms with Crippen molar-refractivity contribution in [1.29, 1.82) is 0 Å². The Labute approximate surface area is 91.5 Å². The summed E-state index contributed by atoms with van der Waals surface area (Å²) in [4.78, 5) is 31.0. The highest BCUT2D eigenvalue weighted by molar-refractivity contribution is 7.81. The van der Waals surface area contributed by atoms with Crippen LogP contribution in [0.3, 0.4) is 0 Å². The molecule has 8 heteroatoms. The van der Waals surface area contributed by atoms with E-state index in [1.165, 1.54) is 4.90 Å². The molecule has 0 aromatic carbocycles. The molecule has 1 rings (SSSR count). The number of hydrogen-bond donors (Lipinski definition) is 4. The van der Waals surface area contributed by atoms with E-state index in [9.17, 15) is 9.59 Å². The SMILES string of the molecule is CC(C)(S)N1CC(=O)NC1=O.O=C(O)O. The summed E-state index contributed by atoms with van der Waals surface area (Å²) < 4.78 is 0. The van der Waals surface area contributed by atoms with E-state index in [0.29, 0.717) is 0 Å². The van der Waals surface area contributed by atoms with Crippen LogP contribution in [0.5, 0.6) is 0 Å². The van der Waals surface area contributed by atoms with Crippen molar-refractivity contribution in [2.75, 3.05) is 6.54 Å². The van der Waals surface area contributed by atoms with Gasteiger partial charge >= 0.3 is 12.2 Å². The number of nitrogens with one attached hydrogen (secondary N) is 1. The predicted octanol–water partition coefficient (Wildman–Crippen LogP) is 0.427. The molecular formula is C7H12N2O5S. The number of amides is 3. The molecule has 0 radical (unpaired) electrons. The first-order chi connectivity index (χ1) is 6.64. The molecular weight excluding hydrogens is 224 g/mol. The molecule has 1 aliphatic rings. The maximum absolute atomic E-state index is 11.0. The fraction of sp³-hybridized carbons (Fsp3) is 0.571. The first-order valence-corrected chi connectivity index (χ1v) is 4.35. The van der Waals surface area contributed by atoms with E-state index in [-0.39, 0.29) is 18.5 Å². The van der Waals surface area contributed by atoms with Gasteiger partial charge in [-0.2, -0.15) is 12.6 Å². The van der Waals surface area contributed by atoms with Crippen LogP contribution in [0.15, 0.2) is 0 Å². The molecule has 1 saturated heterocycles. The molecule has 0 bridgehead atoms. The van der Waals surface area contributed by atoms with E-state index >= 15 is 0 Å². The number of thiol groups is 1. The molecule has 0 spiro atoms. The lowest BCUT2D eigenvalue weighted by molar-refractivity contribution is -0.118.